The van der Waals surface area contributed by atoms with Gasteiger partial charge in [-0.1, -0.05) is 29.4 Å². The Morgan fingerprint density at radius 1 is 1.30 bits per heavy atom. The molecule has 0 saturated carbocycles. The number of piperidine rings is 1. The van der Waals surface area contributed by atoms with Crippen molar-refractivity contribution >= 4 is 22.9 Å². The molecule has 1 aliphatic heterocycles. The molecule has 2 unspecified atom stereocenters. The molecule has 1 aromatic carbocycles. The molecule has 140 valence electrons. The van der Waals surface area contributed by atoms with E-state index in [1.807, 2.05) is 47.8 Å². The highest BCUT2D eigenvalue weighted by molar-refractivity contribution is 7.13. The molecule has 0 spiro atoms. The van der Waals surface area contributed by atoms with E-state index >= 15 is 0 Å². The summed E-state index contributed by atoms with van der Waals surface area (Å²) in [7, 11) is 0. The first-order chi connectivity index (χ1) is 13.2. The number of anilines is 1. The fourth-order valence-electron chi connectivity index (χ4n) is 3.40. The normalized spacial score (nSPS) is 18.9. The van der Waals surface area contributed by atoms with Crippen molar-refractivity contribution in [1.29, 1.82) is 0 Å². The summed E-state index contributed by atoms with van der Waals surface area (Å²) in [5.41, 5.74) is 0.838. The SMILES string of the molecule is CC(c1nc(-c2cccs2)no1)N1CCCC(C(=O)Nc2ccccc2)C1. The molecule has 27 heavy (non-hydrogen) atoms. The Bertz CT molecular complexity index is 879. The Morgan fingerprint density at radius 3 is 2.93 bits per heavy atom. The van der Waals surface area contributed by atoms with Crippen LogP contribution in [0.15, 0.2) is 52.4 Å². The van der Waals surface area contributed by atoms with Gasteiger partial charge in [0.1, 0.15) is 0 Å². The average Bonchev–Trinajstić information content (AvgIpc) is 3.40. The van der Waals surface area contributed by atoms with Gasteiger partial charge in [0.25, 0.3) is 0 Å². The average molecular weight is 382 g/mol. The number of likely N-dealkylation sites (tertiary alicyclic amines) is 1. The predicted molar refractivity (Wildman–Crippen MR) is 105 cm³/mol. The van der Waals surface area contributed by atoms with Gasteiger partial charge in [-0.25, -0.2) is 0 Å². The van der Waals surface area contributed by atoms with Crippen molar-refractivity contribution in [3.05, 3.63) is 53.7 Å². The number of carbonyl (C=O) groups is 1. The minimum absolute atomic E-state index is 0.0152. The highest BCUT2D eigenvalue weighted by Crippen LogP contribution is 2.29. The van der Waals surface area contributed by atoms with Crippen LogP contribution in [0.1, 0.15) is 31.7 Å². The van der Waals surface area contributed by atoms with E-state index in [1.54, 1.807) is 11.3 Å². The van der Waals surface area contributed by atoms with Gasteiger partial charge in [0, 0.05) is 12.2 Å². The van der Waals surface area contributed by atoms with Gasteiger partial charge in [-0.2, -0.15) is 4.98 Å². The fraction of sp³-hybridized carbons (Fsp3) is 0.350. The van der Waals surface area contributed by atoms with Crippen LogP contribution in [0, 0.1) is 5.92 Å². The molecule has 4 rings (SSSR count). The Kier molecular flexibility index (Phi) is 5.31. The molecule has 3 aromatic rings. The number of nitrogens with one attached hydrogen (secondary N) is 1. The number of nitrogens with zero attached hydrogens (tertiary/aromatic N) is 3. The number of hydrogen-bond donors (Lipinski definition) is 1. The van der Waals surface area contributed by atoms with E-state index in [1.165, 1.54) is 0 Å². The standard InChI is InChI=1S/C20H22N4O2S/c1-14(20-22-18(23-26-20)17-10-6-12-27-17)24-11-5-7-15(13-24)19(25)21-16-8-3-2-4-9-16/h2-4,6,8-10,12,14-15H,5,7,11,13H2,1H3,(H,21,25). The van der Waals surface area contributed by atoms with Gasteiger partial charge in [-0.15, -0.1) is 11.3 Å². The molecule has 1 saturated heterocycles. The molecule has 0 radical (unpaired) electrons. The number of amides is 1. The van der Waals surface area contributed by atoms with Crippen LogP contribution in [-0.2, 0) is 4.79 Å². The lowest BCUT2D eigenvalue weighted by Crippen LogP contribution is -2.41. The van der Waals surface area contributed by atoms with Gasteiger partial charge in [0.15, 0.2) is 0 Å². The maximum atomic E-state index is 12.6. The van der Waals surface area contributed by atoms with Crippen molar-refractivity contribution in [1.82, 2.24) is 15.0 Å². The zero-order valence-electron chi connectivity index (χ0n) is 15.2. The highest BCUT2D eigenvalue weighted by atomic mass is 32.1. The van der Waals surface area contributed by atoms with E-state index in [-0.39, 0.29) is 17.9 Å². The van der Waals surface area contributed by atoms with Crippen molar-refractivity contribution < 1.29 is 9.32 Å². The summed E-state index contributed by atoms with van der Waals surface area (Å²) in [5.74, 6) is 1.26. The van der Waals surface area contributed by atoms with Crippen LogP contribution >= 0.6 is 11.3 Å². The first kappa shape index (κ1) is 17.9. The maximum absolute atomic E-state index is 12.6. The number of para-hydroxylation sites is 1. The van der Waals surface area contributed by atoms with Crippen LogP contribution in [0.2, 0.25) is 0 Å². The molecule has 0 bridgehead atoms. The van der Waals surface area contributed by atoms with Crippen molar-refractivity contribution in [3.8, 4) is 10.7 Å². The van der Waals surface area contributed by atoms with E-state index in [9.17, 15) is 4.79 Å². The first-order valence-corrected chi connectivity index (χ1v) is 10.1. The molecule has 0 aliphatic carbocycles. The van der Waals surface area contributed by atoms with Gasteiger partial charge < -0.3 is 9.84 Å². The Balaban J connectivity index is 1.41. The van der Waals surface area contributed by atoms with Gasteiger partial charge >= 0.3 is 0 Å². The van der Waals surface area contributed by atoms with Gasteiger partial charge in [-0.3, -0.25) is 9.69 Å². The van der Waals surface area contributed by atoms with E-state index in [2.05, 4.69) is 27.3 Å². The summed E-state index contributed by atoms with van der Waals surface area (Å²) in [5, 5.41) is 9.12. The molecule has 1 fully saturated rings. The van der Waals surface area contributed by atoms with Crippen LogP contribution in [-0.4, -0.2) is 34.0 Å². The molecule has 2 atom stereocenters. The second kappa shape index (κ2) is 8.02. The number of thiophene rings is 1. The topological polar surface area (TPSA) is 71.3 Å². The molecule has 7 heteroatoms. The smallest absolute Gasteiger partial charge is 0.244 e. The van der Waals surface area contributed by atoms with Crippen LogP contribution in [0.4, 0.5) is 5.69 Å². The molecular formula is C20H22N4O2S. The number of aromatic nitrogens is 2. The lowest BCUT2D eigenvalue weighted by Gasteiger charge is -2.34. The second-order valence-corrected chi connectivity index (χ2v) is 7.75. The molecular weight excluding hydrogens is 360 g/mol. The third-order valence-electron chi connectivity index (χ3n) is 4.95. The Labute approximate surface area is 162 Å². The summed E-state index contributed by atoms with van der Waals surface area (Å²) in [6.45, 7) is 3.67. The summed E-state index contributed by atoms with van der Waals surface area (Å²) >= 11 is 1.59. The van der Waals surface area contributed by atoms with E-state index in [4.69, 9.17) is 4.52 Å². The highest BCUT2D eigenvalue weighted by Gasteiger charge is 2.31. The largest absolute Gasteiger partial charge is 0.337 e. The summed E-state index contributed by atoms with van der Waals surface area (Å²) in [6.07, 6.45) is 1.87. The molecule has 1 amide bonds. The molecule has 3 heterocycles. The maximum Gasteiger partial charge on any atom is 0.244 e. The van der Waals surface area contributed by atoms with Gasteiger partial charge in [0.2, 0.25) is 17.6 Å². The third kappa shape index (κ3) is 4.09. The summed E-state index contributed by atoms with van der Waals surface area (Å²) in [4.78, 5) is 20.5. The van der Waals surface area contributed by atoms with Crippen LogP contribution < -0.4 is 5.32 Å². The number of benzene rings is 1. The minimum Gasteiger partial charge on any atom is -0.337 e. The van der Waals surface area contributed by atoms with Crippen molar-refractivity contribution in [2.45, 2.75) is 25.8 Å². The fourth-order valence-corrected chi connectivity index (χ4v) is 4.05. The molecule has 6 nitrogen and oxygen atoms in total. The van der Waals surface area contributed by atoms with Crippen molar-refractivity contribution in [3.63, 3.8) is 0 Å². The zero-order valence-corrected chi connectivity index (χ0v) is 16.0. The van der Waals surface area contributed by atoms with Crippen LogP contribution in [0.3, 0.4) is 0 Å². The van der Waals surface area contributed by atoms with Crippen LogP contribution in [0.25, 0.3) is 10.7 Å². The van der Waals surface area contributed by atoms with Crippen molar-refractivity contribution in [2.24, 2.45) is 5.92 Å². The minimum atomic E-state index is -0.0407. The number of carbonyl (C=O) groups excluding carboxylic acids is 1. The Morgan fingerprint density at radius 2 is 2.15 bits per heavy atom. The molecule has 2 aromatic heterocycles. The molecule has 1 aliphatic rings. The number of hydrogen-bond acceptors (Lipinski definition) is 6. The second-order valence-electron chi connectivity index (χ2n) is 6.80. The lowest BCUT2D eigenvalue weighted by atomic mass is 9.96. The zero-order chi connectivity index (χ0) is 18.6. The lowest BCUT2D eigenvalue weighted by molar-refractivity contribution is -0.121. The number of rotatable bonds is 5. The van der Waals surface area contributed by atoms with Gasteiger partial charge in [0.05, 0.1) is 16.8 Å². The third-order valence-corrected chi connectivity index (χ3v) is 5.82. The Hall–Kier alpha value is -2.51. The summed E-state index contributed by atoms with van der Waals surface area (Å²) in [6, 6.07) is 13.5. The predicted octanol–water partition coefficient (Wildman–Crippen LogP) is 4.21. The van der Waals surface area contributed by atoms with E-state index in [0.29, 0.717) is 18.3 Å². The van der Waals surface area contributed by atoms with E-state index < -0.39 is 0 Å². The molecule has 1 N–H and O–H groups in total. The summed E-state index contributed by atoms with van der Waals surface area (Å²) < 4.78 is 5.50. The van der Waals surface area contributed by atoms with Crippen LogP contribution in [0.5, 0.6) is 0 Å². The van der Waals surface area contributed by atoms with Crippen molar-refractivity contribution in [2.75, 3.05) is 18.4 Å². The quantitative estimate of drug-likeness (QED) is 0.716. The van der Waals surface area contributed by atoms with E-state index in [0.717, 1.165) is 30.0 Å². The monoisotopic (exact) mass is 382 g/mol. The van der Waals surface area contributed by atoms with Gasteiger partial charge in [-0.05, 0) is 49.9 Å². The first-order valence-electron chi connectivity index (χ1n) is 9.18.